The van der Waals surface area contributed by atoms with E-state index in [2.05, 4.69) is 5.32 Å². The lowest BCUT2D eigenvalue weighted by molar-refractivity contribution is 0.628. The minimum atomic E-state index is -0.383. The number of rotatable bonds is 3. The Morgan fingerprint density at radius 3 is 2.92 bits per heavy atom. The van der Waals surface area contributed by atoms with Crippen molar-refractivity contribution >= 4 is 29.1 Å². The second-order valence-corrected chi connectivity index (χ2v) is 3.51. The number of benzene rings is 1. The van der Waals surface area contributed by atoms with Gasteiger partial charge in [-0.2, -0.15) is 0 Å². The molecule has 1 rings (SSSR count). The van der Waals surface area contributed by atoms with Crippen molar-refractivity contribution in [3.63, 3.8) is 0 Å². The topological polar surface area (TPSA) is 12.0 Å². The van der Waals surface area contributed by atoms with Crippen molar-refractivity contribution < 1.29 is 4.39 Å². The molecule has 1 nitrogen and oxygen atoms in total. The molecule has 0 aliphatic heterocycles. The molecule has 0 bridgehead atoms. The Balaban J connectivity index is 2.69. The summed E-state index contributed by atoms with van der Waals surface area (Å²) in [6, 6.07) is 4.59. The maximum atomic E-state index is 12.7. The monoisotopic (exact) mass is 205 g/mol. The molecule has 1 aromatic carbocycles. The van der Waals surface area contributed by atoms with Crippen molar-refractivity contribution in [2.45, 2.75) is 0 Å². The lowest BCUT2D eigenvalue weighted by Crippen LogP contribution is -1.96. The Kier molecular flexibility index (Phi) is 3.69. The lowest BCUT2D eigenvalue weighted by atomic mass is 10.3. The fraction of sp³-hybridized carbons (Fsp3) is 0.250. The predicted molar refractivity (Wildman–Crippen MR) is 53.4 cm³/mol. The van der Waals surface area contributed by atoms with Gasteiger partial charge in [0.25, 0.3) is 0 Å². The minimum absolute atomic E-state index is 0.154. The second-order valence-electron chi connectivity index (χ2n) is 2.24. The van der Waals surface area contributed by atoms with Gasteiger partial charge in [-0.3, -0.25) is 0 Å². The average molecular weight is 206 g/mol. The van der Waals surface area contributed by atoms with E-state index in [9.17, 15) is 4.39 Å². The van der Waals surface area contributed by atoms with Crippen LogP contribution >= 0.6 is 23.4 Å². The van der Waals surface area contributed by atoms with Crippen LogP contribution in [0.5, 0.6) is 0 Å². The first kappa shape index (κ1) is 9.68. The summed E-state index contributed by atoms with van der Waals surface area (Å²) >= 11 is 7.23. The van der Waals surface area contributed by atoms with Gasteiger partial charge in [-0.05, 0) is 24.5 Å². The third-order valence-corrected chi connectivity index (χ3v) is 2.06. The molecule has 0 aliphatic carbocycles. The maximum absolute atomic E-state index is 12.7. The van der Waals surface area contributed by atoms with Gasteiger partial charge in [0.1, 0.15) is 5.82 Å². The van der Waals surface area contributed by atoms with Gasteiger partial charge in [-0.15, -0.1) is 11.8 Å². The standard InChI is InChI=1S/C8H9ClFNS/c1-12-5-11-6-2-3-8(10)7(9)4-6/h2-4,11H,5H2,1H3. The zero-order chi connectivity index (χ0) is 8.97. The molecule has 12 heavy (non-hydrogen) atoms. The molecule has 0 saturated carbocycles. The summed E-state index contributed by atoms with van der Waals surface area (Å²) < 4.78 is 12.7. The molecule has 1 N–H and O–H groups in total. The van der Waals surface area contributed by atoms with Crippen LogP contribution in [0.25, 0.3) is 0 Å². The summed E-state index contributed by atoms with van der Waals surface area (Å²) in [5.41, 5.74) is 0.843. The molecule has 0 amide bonds. The van der Waals surface area contributed by atoms with Gasteiger partial charge in [0.2, 0.25) is 0 Å². The third kappa shape index (κ3) is 2.57. The third-order valence-electron chi connectivity index (χ3n) is 1.34. The number of thioether (sulfide) groups is 1. The van der Waals surface area contributed by atoms with Crippen molar-refractivity contribution in [3.05, 3.63) is 29.0 Å². The van der Waals surface area contributed by atoms with Crippen molar-refractivity contribution in [2.24, 2.45) is 0 Å². The summed E-state index contributed by atoms with van der Waals surface area (Å²) in [6.07, 6.45) is 1.98. The molecule has 0 heterocycles. The molecule has 1 aromatic rings. The van der Waals surface area contributed by atoms with Gasteiger partial charge >= 0.3 is 0 Å². The molecule has 0 spiro atoms. The second kappa shape index (κ2) is 4.58. The largest absolute Gasteiger partial charge is 0.376 e. The van der Waals surface area contributed by atoms with Crippen LogP contribution in [0.15, 0.2) is 18.2 Å². The Hall–Kier alpha value is -0.410. The van der Waals surface area contributed by atoms with Crippen molar-refractivity contribution in [2.75, 3.05) is 17.4 Å². The van der Waals surface area contributed by atoms with E-state index in [0.29, 0.717) is 0 Å². The Bertz CT molecular complexity index is 267. The first-order valence-electron chi connectivity index (χ1n) is 3.42. The zero-order valence-corrected chi connectivity index (χ0v) is 8.18. The van der Waals surface area contributed by atoms with Crippen LogP contribution in [0.4, 0.5) is 10.1 Å². The van der Waals surface area contributed by atoms with Gasteiger partial charge in [0, 0.05) is 5.69 Å². The quantitative estimate of drug-likeness (QED) is 0.761. The molecule has 0 saturated heterocycles. The summed E-state index contributed by atoms with van der Waals surface area (Å²) in [5.74, 6) is 0.411. The van der Waals surface area contributed by atoms with Crippen molar-refractivity contribution in [1.29, 1.82) is 0 Å². The molecule has 0 aliphatic rings. The maximum Gasteiger partial charge on any atom is 0.141 e. The van der Waals surface area contributed by atoms with E-state index < -0.39 is 0 Å². The highest BCUT2D eigenvalue weighted by atomic mass is 35.5. The predicted octanol–water partition coefficient (Wildman–Crippen LogP) is 3.21. The van der Waals surface area contributed by atoms with Crippen LogP contribution < -0.4 is 5.32 Å². The SMILES string of the molecule is CSCNc1ccc(F)c(Cl)c1. The smallest absolute Gasteiger partial charge is 0.141 e. The number of halogens is 2. The highest BCUT2D eigenvalue weighted by molar-refractivity contribution is 7.98. The highest BCUT2D eigenvalue weighted by Gasteiger charge is 1.98. The molecule has 4 heteroatoms. The van der Waals surface area contributed by atoms with E-state index in [-0.39, 0.29) is 10.8 Å². The first-order chi connectivity index (χ1) is 5.74. The Morgan fingerprint density at radius 2 is 2.33 bits per heavy atom. The van der Waals surface area contributed by atoms with E-state index in [1.54, 1.807) is 23.9 Å². The molecule has 0 atom stereocenters. The van der Waals surface area contributed by atoms with Crippen molar-refractivity contribution in [1.82, 2.24) is 0 Å². The van der Waals surface area contributed by atoms with E-state index in [0.717, 1.165) is 11.6 Å². The molecule has 0 unspecified atom stereocenters. The van der Waals surface area contributed by atoms with E-state index in [1.165, 1.54) is 6.07 Å². The fourth-order valence-corrected chi connectivity index (χ4v) is 1.25. The molecule has 66 valence electrons. The molecular weight excluding hydrogens is 197 g/mol. The summed E-state index contributed by atoms with van der Waals surface area (Å²) in [6.45, 7) is 0. The van der Waals surface area contributed by atoms with E-state index >= 15 is 0 Å². The summed E-state index contributed by atoms with van der Waals surface area (Å²) in [7, 11) is 0. The van der Waals surface area contributed by atoms with Gasteiger partial charge in [0.05, 0.1) is 10.9 Å². The number of anilines is 1. The average Bonchev–Trinajstić information content (AvgIpc) is 2.07. The van der Waals surface area contributed by atoms with Gasteiger partial charge in [-0.25, -0.2) is 4.39 Å². The summed E-state index contributed by atoms with van der Waals surface area (Å²) in [4.78, 5) is 0. The van der Waals surface area contributed by atoms with Crippen LogP contribution in [0, 0.1) is 5.82 Å². The highest BCUT2D eigenvalue weighted by Crippen LogP contribution is 2.19. The van der Waals surface area contributed by atoms with Crippen molar-refractivity contribution in [3.8, 4) is 0 Å². The Morgan fingerprint density at radius 1 is 1.58 bits per heavy atom. The molecule has 0 radical (unpaired) electrons. The normalized spacial score (nSPS) is 9.92. The van der Waals surface area contributed by atoms with Gasteiger partial charge < -0.3 is 5.32 Å². The number of nitrogens with one attached hydrogen (secondary N) is 1. The fourth-order valence-electron chi connectivity index (χ4n) is 0.762. The first-order valence-corrected chi connectivity index (χ1v) is 5.19. The molecular formula is C8H9ClFNS. The summed E-state index contributed by atoms with van der Waals surface area (Å²) in [5, 5.41) is 3.23. The number of hydrogen-bond acceptors (Lipinski definition) is 2. The minimum Gasteiger partial charge on any atom is -0.376 e. The Labute approximate surface area is 80.3 Å². The van der Waals surface area contributed by atoms with Gasteiger partial charge in [-0.1, -0.05) is 11.6 Å². The van der Waals surface area contributed by atoms with Gasteiger partial charge in [0.15, 0.2) is 0 Å². The molecule has 0 fully saturated rings. The van der Waals surface area contributed by atoms with Crippen LogP contribution in [0.3, 0.4) is 0 Å². The van der Waals surface area contributed by atoms with Crippen LogP contribution in [0.2, 0.25) is 5.02 Å². The van der Waals surface area contributed by atoms with Crippen LogP contribution in [-0.2, 0) is 0 Å². The zero-order valence-electron chi connectivity index (χ0n) is 6.60. The lowest BCUT2D eigenvalue weighted by Gasteiger charge is -2.04. The molecule has 0 aromatic heterocycles. The van der Waals surface area contributed by atoms with Crippen LogP contribution in [-0.4, -0.2) is 12.1 Å². The van der Waals surface area contributed by atoms with E-state index in [4.69, 9.17) is 11.6 Å². The number of hydrogen-bond donors (Lipinski definition) is 1. The van der Waals surface area contributed by atoms with Crippen LogP contribution in [0.1, 0.15) is 0 Å². The van der Waals surface area contributed by atoms with E-state index in [1.807, 2.05) is 6.26 Å².